The van der Waals surface area contributed by atoms with Gasteiger partial charge in [-0.1, -0.05) is 26.0 Å². The molecular weight excluding hydrogens is 491 g/mol. The van der Waals surface area contributed by atoms with E-state index in [0.29, 0.717) is 12.0 Å². The molecule has 170 valence electrons. The number of morpholine rings is 1. The van der Waals surface area contributed by atoms with Gasteiger partial charge in [-0.15, -0.1) is 24.0 Å². The number of rotatable bonds is 8. The van der Waals surface area contributed by atoms with Crippen LogP contribution in [0.5, 0.6) is 5.75 Å². The highest BCUT2D eigenvalue weighted by atomic mass is 127. The summed E-state index contributed by atoms with van der Waals surface area (Å²) in [6, 6.07) is 9.08. The fourth-order valence-electron chi connectivity index (χ4n) is 3.91. The third-order valence-electron chi connectivity index (χ3n) is 5.53. The number of nitrogens with one attached hydrogen (secondary N) is 1. The first kappa shape index (κ1) is 25.2. The maximum atomic E-state index is 5.77. The Morgan fingerprint density at radius 2 is 1.93 bits per heavy atom. The van der Waals surface area contributed by atoms with Crippen LogP contribution in [0.15, 0.2) is 29.3 Å². The summed E-state index contributed by atoms with van der Waals surface area (Å²) in [4.78, 5) is 9.91. The molecule has 30 heavy (non-hydrogen) atoms. The second kappa shape index (κ2) is 13.4. The van der Waals surface area contributed by atoms with Crippen LogP contribution in [0.1, 0.15) is 32.8 Å². The van der Waals surface area contributed by atoms with Crippen molar-refractivity contribution in [3.8, 4) is 5.75 Å². The number of hydrogen-bond acceptors (Lipinski definition) is 4. The number of ether oxygens (including phenoxy) is 2. The van der Waals surface area contributed by atoms with Gasteiger partial charge in [-0.2, -0.15) is 0 Å². The van der Waals surface area contributed by atoms with Crippen molar-refractivity contribution in [2.75, 3.05) is 59.1 Å². The quantitative estimate of drug-likeness (QED) is 0.318. The molecular formula is C23H39IN4O2. The second-order valence-corrected chi connectivity index (χ2v) is 8.37. The topological polar surface area (TPSA) is 49.3 Å². The molecule has 1 N–H and O–H groups in total. The van der Waals surface area contributed by atoms with Crippen LogP contribution in [0.4, 0.5) is 0 Å². The minimum atomic E-state index is 0. The molecule has 2 heterocycles. The Morgan fingerprint density at radius 1 is 1.20 bits per heavy atom. The Labute approximate surface area is 199 Å². The van der Waals surface area contributed by atoms with Crippen molar-refractivity contribution in [3.05, 3.63) is 29.8 Å². The normalized spacial score (nSPS) is 20.3. The summed E-state index contributed by atoms with van der Waals surface area (Å²) in [6.45, 7) is 14.9. The van der Waals surface area contributed by atoms with Crippen molar-refractivity contribution >= 4 is 29.9 Å². The molecule has 0 aliphatic carbocycles. The van der Waals surface area contributed by atoms with E-state index >= 15 is 0 Å². The lowest BCUT2D eigenvalue weighted by Gasteiger charge is -2.32. The predicted molar refractivity (Wildman–Crippen MR) is 134 cm³/mol. The molecule has 1 aromatic carbocycles. The molecule has 0 amide bonds. The first-order chi connectivity index (χ1) is 14.2. The molecule has 3 rings (SSSR count). The number of likely N-dealkylation sites (tertiary alicyclic amines) is 1. The van der Waals surface area contributed by atoms with E-state index in [2.05, 4.69) is 60.2 Å². The van der Waals surface area contributed by atoms with E-state index in [4.69, 9.17) is 14.5 Å². The summed E-state index contributed by atoms with van der Waals surface area (Å²) in [5, 5.41) is 3.48. The molecule has 1 atom stereocenters. The van der Waals surface area contributed by atoms with Crippen LogP contribution >= 0.6 is 24.0 Å². The van der Waals surface area contributed by atoms with E-state index in [-0.39, 0.29) is 24.0 Å². The van der Waals surface area contributed by atoms with Crippen molar-refractivity contribution in [3.63, 3.8) is 0 Å². The molecule has 0 aromatic heterocycles. The summed E-state index contributed by atoms with van der Waals surface area (Å²) in [6.07, 6.45) is 2.16. The monoisotopic (exact) mass is 530 g/mol. The largest absolute Gasteiger partial charge is 0.493 e. The Bertz CT molecular complexity index is 633. The van der Waals surface area contributed by atoms with Crippen LogP contribution in [0.3, 0.4) is 0 Å². The maximum Gasteiger partial charge on any atom is 0.193 e. The molecule has 1 aromatic rings. The lowest BCUT2D eigenvalue weighted by atomic mass is 10.1. The van der Waals surface area contributed by atoms with Gasteiger partial charge in [-0.3, -0.25) is 9.89 Å². The second-order valence-electron chi connectivity index (χ2n) is 8.37. The zero-order chi connectivity index (χ0) is 20.5. The van der Waals surface area contributed by atoms with Crippen LogP contribution in [-0.2, 0) is 11.2 Å². The van der Waals surface area contributed by atoms with Gasteiger partial charge in [0.2, 0.25) is 0 Å². The van der Waals surface area contributed by atoms with Gasteiger partial charge in [0.1, 0.15) is 5.75 Å². The number of aliphatic imine (C=N–C) groups is 1. The summed E-state index contributed by atoms with van der Waals surface area (Å²) in [7, 11) is 0. The van der Waals surface area contributed by atoms with Crippen LogP contribution in [-0.4, -0.2) is 80.9 Å². The highest BCUT2D eigenvalue weighted by Gasteiger charge is 2.30. The maximum absolute atomic E-state index is 5.77. The third-order valence-corrected chi connectivity index (χ3v) is 5.53. The van der Waals surface area contributed by atoms with Crippen LogP contribution < -0.4 is 10.1 Å². The fraction of sp³-hybridized carbons (Fsp3) is 0.696. The van der Waals surface area contributed by atoms with Crippen molar-refractivity contribution < 1.29 is 9.47 Å². The van der Waals surface area contributed by atoms with Gasteiger partial charge in [-0.05, 0) is 43.4 Å². The Hall–Kier alpha value is -1.06. The molecule has 6 nitrogen and oxygen atoms in total. The first-order valence-corrected chi connectivity index (χ1v) is 11.2. The van der Waals surface area contributed by atoms with Gasteiger partial charge in [0.25, 0.3) is 0 Å². The van der Waals surface area contributed by atoms with Gasteiger partial charge < -0.3 is 19.7 Å². The van der Waals surface area contributed by atoms with E-state index in [9.17, 15) is 0 Å². The Morgan fingerprint density at radius 3 is 2.60 bits per heavy atom. The first-order valence-electron chi connectivity index (χ1n) is 11.2. The molecule has 2 aliphatic heterocycles. The highest BCUT2D eigenvalue weighted by molar-refractivity contribution is 14.0. The van der Waals surface area contributed by atoms with E-state index in [1.54, 1.807) is 0 Å². The van der Waals surface area contributed by atoms with Crippen LogP contribution in [0.2, 0.25) is 0 Å². The summed E-state index contributed by atoms with van der Waals surface area (Å²) < 4.78 is 11.3. The SMILES string of the molecule is CCNC(=NCCc1ccc(OCC(C)C)cc1)N1CCC(N2CCOCC2)C1.I. The van der Waals surface area contributed by atoms with E-state index < -0.39 is 0 Å². The predicted octanol–water partition coefficient (Wildman–Crippen LogP) is 3.25. The Kier molecular flexibility index (Phi) is 11.2. The van der Waals surface area contributed by atoms with E-state index in [0.717, 1.165) is 77.2 Å². The van der Waals surface area contributed by atoms with Crippen molar-refractivity contribution in [2.24, 2.45) is 10.9 Å². The fourth-order valence-corrected chi connectivity index (χ4v) is 3.91. The van der Waals surface area contributed by atoms with Crippen LogP contribution in [0.25, 0.3) is 0 Å². The molecule has 7 heteroatoms. The van der Waals surface area contributed by atoms with E-state index in [1.807, 2.05) is 0 Å². The van der Waals surface area contributed by atoms with Gasteiger partial charge in [0, 0.05) is 45.3 Å². The third kappa shape index (κ3) is 7.89. The lowest BCUT2D eigenvalue weighted by Crippen LogP contribution is -2.46. The number of nitrogens with zero attached hydrogens (tertiary/aromatic N) is 3. The molecule has 1 unspecified atom stereocenters. The van der Waals surface area contributed by atoms with Gasteiger partial charge in [0.15, 0.2) is 5.96 Å². The zero-order valence-corrected chi connectivity index (χ0v) is 21.1. The van der Waals surface area contributed by atoms with E-state index in [1.165, 1.54) is 12.0 Å². The molecule has 2 aliphatic rings. The number of guanidine groups is 1. The molecule has 0 bridgehead atoms. The molecule has 2 fully saturated rings. The van der Waals surface area contributed by atoms with Gasteiger partial charge in [0.05, 0.1) is 19.8 Å². The molecule has 0 spiro atoms. The standard InChI is InChI=1S/C23H38N4O2.HI/c1-4-24-23(27-12-10-21(17-27)26-13-15-28-16-14-26)25-11-9-20-5-7-22(8-6-20)29-18-19(2)3;/h5-8,19,21H,4,9-18H2,1-3H3,(H,24,25);1H. The average Bonchev–Trinajstić information content (AvgIpc) is 3.23. The summed E-state index contributed by atoms with van der Waals surface area (Å²) in [5.41, 5.74) is 1.30. The number of halogens is 1. The molecule has 0 saturated carbocycles. The minimum Gasteiger partial charge on any atom is -0.493 e. The smallest absolute Gasteiger partial charge is 0.193 e. The van der Waals surface area contributed by atoms with Gasteiger partial charge in [-0.25, -0.2) is 0 Å². The van der Waals surface area contributed by atoms with Crippen molar-refractivity contribution in [2.45, 2.75) is 39.7 Å². The Balaban J connectivity index is 0.00000320. The van der Waals surface area contributed by atoms with Crippen LogP contribution in [0, 0.1) is 5.92 Å². The highest BCUT2D eigenvalue weighted by Crippen LogP contribution is 2.17. The number of benzene rings is 1. The van der Waals surface area contributed by atoms with Crippen molar-refractivity contribution in [1.82, 2.24) is 15.1 Å². The lowest BCUT2D eigenvalue weighted by molar-refractivity contribution is 0.0195. The van der Waals surface area contributed by atoms with Crippen molar-refractivity contribution in [1.29, 1.82) is 0 Å². The average molecular weight is 530 g/mol. The molecule has 0 radical (unpaired) electrons. The molecule has 2 saturated heterocycles. The summed E-state index contributed by atoms with van der Waals surface area (Å²) in [5.74, 6) is 2.55. The zero-order valence-electron chi connectivity index (χ0n) is 18.8. The summed E-state index contributed by atoms with van der Waals surface area (Å²) >= 11 is 0. The number of hydrogen-bond donors (Lipinski definition) is 1. The van der Waals surface area contributed by atoms with Gasteiger partial charge >= 0.3 is 0 Å². The minimum absolute atomic E-state index is 0.